The van der Waals surface area contributed by atoms with E-state index in [9.17, 15) is 4.79 Å². The van der Waals surface area contributed by atoms with Crippen molar-refractivity contribution in [3.63, 3.8) is 0 Å². The van der Waals surface area contributed by atoms with Gasteiger partial charge in [0.2, 0.25) is 5.82 Å². The lowest BCUT2D eigenvalue weighted by molar-refractivity contribution is 0.0725. The number of nitrogens with zero attached hydrogens (tertiary/aromatic N) is 5. The number of carbonyl (C=O) groups excluding carboxylic acids is 1. The van der Waals surface area contributed by atoms with Crippen LogP contribution in [0.1, 0.15) is 34.0 Å². The van der Waals surface area contributed by atoms with Crippen molar-refractivity contribution in [1.82, 2.24) is 24.6 Å². The Kier molecular flexibility index (Phi) is 5.95. The summed E-state index contributed by atoms with van der Waals surface area (Å²) in [5.41, 5.74) is 3.33. The third kappa shape index (κ3) is 4.44. The molecule has 1 amide bonds. The van der Waals surface area contributed by atoms with Gasteiger partial charge in [-0.3, -0.25) is 4.79 Å². The number of amides is 1. The molecule has 0 radical (unpaired) electrons. The number of aryl methyl sites for hydroxylation is 3. The molecule has 6 heteroatoms. The lowest BCUT2D eigenvalue weighted by Gasteiger charge is -2.22. The van der Waals surface area contributed by atoms with Crippen molar-refractivity contribution < 1.29 is 4.79 Å². The van der Waals surface area contributed by atoms with Crippen LogP contribution in [0.15, 0.2) is 54.6 Å². The quantitative estimate of drug-likeness (QED) is 0.635. The van der Waals surface area contributed by atoms with Crippen LogP contribution in [0.5, 0.6) is 0 Å². The van der Waals surface area contributed by atoms with Crippen molar-refractivity contribution >= 4 is 5.91 Å². The number of rotatable bonds is 6. The molecule has 1 saturated heterocycles. The largest absolute Gasteiger partial charge is 0.335 e. The van der Waals surface area contributed by atoms with E-state index < -0.39 is 0 Å². The third-order valence-corrected chi connectivity index (χ3v) is 5.83. The van der Waals surface area contributed by atoms with E-state index in [-0.39, 0.29) is 17.8 Å². The molecule has 4 rings (SSSR count). The average Bonchev–Trinajstić information content (AvgIpc) is 3.38. The molecule has 30 heavy (non-hydrogen) atoms. The van der Waals surface area contributed by atoms with Gasteiger partial charge in [-0.1, -0.05) is 42.5 Å². The highest BCUT2D eigenvalue weighted by molar-refractivity contribution is 5.90. The summed E-state index contributed by atoms with van der Waals surface area (Å²) in [5, 5.41) is 4.65. The SMILES string of the molecule is Cc1cccc(-n2nc(C(=O)N(C)[C@H]3CCN(C)C3)nc2CCc2ccccc2)c1. The zero-order valence-electron chi connectivity index (χ0n) is 18.0. The standard InChI is InChI=1S/C24H29N5O/c1-18-8-7-11-20(16-18)29-22(13-12-19-9-5-4-6-10-19)25-23(26-29)24(30)28(3)21-14-15-27(2)17-21/h4-11,16,21H,12-15,17H2,1-3H3/t21-/m0/s1. The fourth-order valence-corrected chi connectivity index (χ4v) is 4.02. The predicted octanol–water partition coefficient (Wildman–Crippen LogP) is 3.14. The Hall–Kier alpha value is -2.99. The van der Waals surface area contributed by atoms with Gasteiger partial charge in [0.25, 0.3) is 5.91 Å². The van der Waals surface area contributed by atoms with Gasteiger partial charge in [0.1, 0.15) is 5.82 Å². The topological polar surface area (TPSA) is 54.3 Å². The number of hydrogen-bond donors (Lipinski definition) is 0. The van der Waals surface area contributed by atoms with Crippen molar-refractivity contribution in [2.75, 3.05) is 27.2 Å². The Labute approximate surface area is 178 Å². The Bertz CT molecular complexity index is 1010. The maximum absolute atomic E-state index is 13.1. The van der Waals surface area contributed by atoms with Gasteiger partial charge in [0.05, 0.1) is 5.69 Å². The van der Waals surface area contributed by atoms with E-state index >= 15 is 0 Å². The number of hydrogen-bond acceptors (Lipinski definition) is 4. The first-order valence-corrected chi connectivity index (χ1v) is 10.5. The van der Waals surface area contributed by atoms with Crippen molar-refractivity contribution in [3.05, 3.63) is 77.4 Å². The summed E-state index contributed by atoms with van der Waals surface area (Å²) in [6.07, 6.45) is 2.55. The van der Waals surface area contributed by atoms with Crippen LogP contribution >= 0.6 is 0 Å². The lowest BCUT2D eigenvalue weighted by atomic mass is 10.1. The molecule has 0 bridgehead atoms. The highest BCUT2D eigenvalue weighted by Crippen LogP contribution is 2.18. The number of likely N-dealkylation sites (N-methyl/N-ethyl adjacent to an activating group) is 2. The molecule has 1 aliphatic heterocycles. The van der Waals surface area contributed by atoms with Crippen LogP contribution in [-0.2, 0) is 12.8 Å². The summed E-state index contributed by atoms with van der Waals surface area (Å²) in [4.78, 5) is 21.9. The predicted molar refractivity (Wildman–Crippen MR) is 118 cm³/mol. The molecule has 1 fully saturated rings. The molecule has 2 aromatic carbocycles. The van der Waals surface area contributed by atoms with E-state index in [0.717, 1.165) is 43.0 Å². The molecular formula is C24H29N5O. The monoisotopic (exact) mass is 403 g/mol. The van der Waals surface area contributed by atoms with E-state index in [1.165, 1.54) is 5.56 Å². The summed E-state index contributed by atoms with van der Waals surface area (Å²) in [6.45, 7) is 3.96. The molecule has 6 nitrogen and oxygen atoms in total. The van der Waals surface area contributed by atoms with E-state index in [1.807, 2.05) is 42.1 Å². The Morgan fingerprint density at radius 1 is 1.13 bits per heavy atom. The van der Waals surface area contributed by atoms with Gasteiger partial charge >= 0.3 is 0 Å². The third-order valence-electron chi connectivity index (χ3n) is 5.83. The molecule has 0 unspecified atom stereocenters. The second-order valence-corrected chi connectivity index (χ2v) is 8.21. The van der Waals surface area contributed by atoms with Crippen LogP contribution in [0.3, 0.4) is 0 Å². The summed E-state index contributed by atoms with van der Waals surface area (Å²) in [6, 6.07) is 18.7. The van der Waals surface area contributed by atoms with Crippen molar-refractivity contribution in [1.29, 1.82) is 0 Å². The minimum absolute atomic E-state index is 0.109. The first-order chi connectivity index (χ1) is 14.5. The molecular weight excluding hydrogens is 374 g/mol. The van der Waals surface area contributed by atoms with Gasteiger partial charge in [-0.2, -0.15) is 0 Å². The number of benzene rings is 2. The Morgan fingerprint density at radius 3 is 2.63 bits per heavy atom. The molecule has 2 heterocycles. The number of likely N-dealkylation sites (tertiary alicyclic amines) is 1. The van der Waals surface area contributed by atoms with Gasteiger partial charge in [-0.25, -0.2) is 9.67 Å². The molecule has 1 aliphatic rings. The van der Waals surface area contributed by atoms with Gasteiger partial charge in [-0.05, 0) is 56.6 Å². The fraction of sp³-hybridized carbons (Fsp3) is 0.375. The maximum atomic E-state index is 13.1. The van der Waals surface area contributed by atoms with E-state index in [4.69, 9.17) is 0 Å². The van der Waals surface area contributed by atoms with E-state index in [1.54, 1.807) is 4.90 Å². The summed E-state index contributed by atoms with van der Waals surface area (Å²) in [5.74, 6) is 0.976. The second kappa shape index (κ2) is 8.79. The highest BCUT2D eigenvalue weighted by Gasteiger charge is 2.29. The molecule has 1 atom stereocenters. The minimum Gasteiger partial charge on any atom is -0.335 e. The number of aromatic nitrogens is 3. The lowest BCUT2D eigenvalue weighted by Crippen LogP contribution is -2.39. The summed E-state index contributed by atoms with van der Waals surface area (Å²) in [7, 11) is 3.95. The molecule has 3 aromatic rings. The van der Waals surface area contributed by atoms with Gasteiger partial charge in [0, 0.05) is 26.1 Å². The molecule has 0 N–H and O–H groups in total. The zero-order valence-corrected chi connectivity index (χ0v) is 18.0. The van der Waals surface area contributed by atoms with Crippen LogP contribution in [0.25, 0.3) is 5.69 Å². The van der Waals surface area contributed by atoms with Crippen LogP contribution < -0.4 is 0 Å². The Balaban J connectivity index is 1.62. The first kappa shape index (κ1) is 20.3. The van der Waals surface area contributed by atoms with Crippen LogP contribution in [0.2, 0.25) is 0 Å². The molecule has 0 spiro atoms. The average molecular weight is 404 g/mol. The van der Waals surface area contributed by atoms with Crippen LogP contribution in [0, 0.1) is 6.92 Å². The normalized spacial score (nSPS) is 16.7. The second-order valence-electron chi connectivity index (χ2n) is 8.21. The maximum Gasteiger partial charge on any atom is 0.293 e. The molecule has 156 valence electrons. The van der Waals surface area contributed by atoms with Gasteiger partial charge in [0.15, 0.2) is 0 Å². The van der Waals surface area contributed by atoms with Crippen LogP contribution in [-0.4, -0.2) is 63.7 Å². The molecule has 0 saturated carbocycles. The van der Waals surface area contributed by atoms with Crippen molar-refractivity contribution in [2.24, 2.45) is 0 Å². The van der Waals surface area contributed by atoms with Gasteiger partial charge in [-0.15, -0.1) is 5.10 Å². The fourth-order valence-electron chi connectivity index (χ4n) is 4.02. The summed E-state index contributed by atoms with van der Waals surface area (Å²) < 4.78 is 1.83. The van der Waals surface area contributed by atoms with E-state index in [0.29, 0.717) is 6.42 Å². The highest BCUT2D eigenvalue weighted by atomic mass is 16.2. The first-order valence-electron chi connectivity index (χ1n) is 10.5. The number of carbonyl (C=O) groups is 1. The zero-order chi connectivity index (χ0) is 21.1. The Morgan fingerprint density at radius 2 is 1.93 bits per heavy atom. The van der Waals surface area contributed by atoms with Crippen molar-refractivity contribution in [2.45, 2.75) is 32.2 Å². The van der Waals surface area contributed by atoms with Gasteiger partial charge < -0.3 is 9.80 Å². The summed E-state index contributed by atoms with van der Waals surface area (Å²) >= 11 is 0. The smallest absolute Gasteiger partial charge is 0.293 e. The van der Waals surface area contributed by atoms with Crippen molar-refractivity contribution in [3.8, 4) is 5.69 Å². The minimum atomic E-state index is -0.109. The van der Waals surface area contributed by atoms with E-state index in [2.05, 4.69) is 53.2 Å². The molecule has 1 aromatic heterocycles. The molecule has 0 aliphatic carbocycles. The van der Waals surface area contributed by atoms with Crippen LogP contribution in [0.4, 0.5) is 0 Å².